The van der Waals surface area contributed by atoms with Crippen molar-refractivity contribution in [2.75, 3.05) is 5.75 Å². The number of hydrazone groups is 1. The Hall–Kier alpha value is -3.95. The van der Waals surface area contributed by atoms with Gasteiger partial charge in [-0.1, -0.05) is 65.8 Å². The van der Waals surface area contributed by atoms with Crippen LogP contribution in [0.5, 0.6) is 0 Å². The number of hydrogen-bond donors (Lipinski definition) is 1. The molecule has 0 atom stereocenters. The topological polar surface area (TPSA) is 102 Å². The number of amides is 1. The number of carbonyl (C=O) groups is 1. The molecule has 0 saturated heterocycles. The SMILES string of the molecule is O=C(CSc1nc2ccccc2n1Cc1ccccc1Cl)N/N=C/C=C/c1ccccc1[N+](=O)[O-]. The van der Waals surface area contributed by atoms with Crippen molar-refractivity contribution < 1.29 is 9.72 Å². The van der Waals surface area contributed by atoms with E-state index in [1.54, 1.807) is 24.3 Å². The van der Waals surface area contributed by atoms with Gasteiger partial charge in [0.15, 0.2) is 5.16 Å². The summed E-state index contributed by atoms with van der Waals surface area (Å²) in [6, 6.07) is 21.8. The number of nitrogens with one attached hydrogen (secondary N) is 1. The zero-order valence-corrected chi connectivity index (χ0v) is 19.9. The summed E-state index contributed by atoms with van der Waals surface area (Å²) in [6.45, 7) is 0.526. The van der Waals surface area contributed by atoms with Gasteiger partial charge in [0.25, 0.3) is 11.6 Å². The second-order valence-corrected chi connectivity index (χ2v) is 8.69. The molecule has 0 aliphatic carbocycles. The van der Waals surface area contributed by atoms with Crippen molar-refractivity contribution in [1.82, 2.24) is 15.0 Å². The number of aromatic nitrogens is 2. The fraction of sp³-hybridized carbons (Fsp3) is 0.0800. The molecule has 10 heteroatoms. The Balaban J connectivity index is 1.39. The number of para-hydroxylation sites is 3. The number of rotatable bonds is 9. The highest BCUT2D eigenvalue weighted by molar-refractivity contribution is 7.99. The minimum absolute atomic E-state index is 0.00253. The Morgan fingerprint density at radius 1 is 1.11 bits per heavy atom. The molecule has 4 aromatic rings. The summed E-state index contributed by atoms with van der Waals surface area (Å²) in [5.41, 5.74) is 5.64. The summed E-state index contributed by atoms with van der Waals surface area (Å²) in [4.78, 5) is 27.6. The van der Waals surface area contributed by atoms with Crippen molar-refractivity contribution in [2.45, 2.75) is 11.7 Å². The number of hydrogen-bond acceptors (Lipinski definition) is 6. The molecule has 0 spiro atoms. The first-order valence-electron chi connectivity index (χ1n) is 10.6. The quantitative estimate of drug-likeness (QED) is 0.139. The first-order valence-corrected chi connectivity index (χ1v) is 11.9. The fourth-order valence-electron chi connectivity index (χ4n) is 3.37. The lowest BCUT2D eigenvalue weighted by Crippen LogP contribution is -2.19. The highest BCUT2D eigenvalue weighted by atomic mass is 35.5. The maximum Gasteiger partial charge on any atom is 0.276 e. The molecular weight excluding hydrogens is 486 g/mol. The molecule has 0 fully saturated rings. The lowest BCUT2D eigenvalue weighted by molar-refractivity contribution is -0.385. The summed E-state index contributed by atoms with van der Waals surface area (Å²) in [6.07, 6.45) is 4.45. The standard InChI is InChI=1S/C25H20ClN5O3S/c26-20-11-3-1-9-19(20)16-30-23-14-6-4-12-21(23)28-25(30)35-17-24(32)29-27-15-7-10-18-8-2-5-13-22(18)31(33)34/h1-15H,16-17H2,(H,29,32)/b10-7+,27-15+. The van der Waals surface area contributed by atoms with Crippen molar-refractivity contribution in [2.24, 2.45) is 5.10 Å². The summed E-state index contributed by atoms with van der Waals surface area (Å²) in [7, 11) is 0. The third kappa shape index (κ3) is 6.14. The molecule has 1 N–H and O–H groups in total. The molecule has 8 nitrogen and oxygen atoms in total. The van der Waals surface area contributed by atoms with E-state index in [0.717, 1.165) is 16.6 Å². The van der Waals surface area contributed by atoms with Crippen LogP contribution in [0.4, 0.5) is 5.69 Å². The molecule has 176 valence electrons. The summed E-state index contributed by atoms with van der Waals surface area (Å²) < 4.78 is 2.03. The second kappa shape index (κ2) is 11.5. The van der Waals surface area contributed by atoms with Crippen LogP contribution in [0.3, 0.4) is 0 Å². The molecule has 0 aliphatic rings. The van der Waals surface area contributed by atoms with Crippen molar-refractivity contribution in [3.05, 3.63) is 105 Å². The normalized spacial score (nSPS) is 11.5. The molecule has 3 aromatic carbocycles. The van der Waals surface area contributed by atoms with Crippen LogP contribution >= 0.6 is 23.4 Å². The van der Waals surface area contributed by atoms with Crippen LogP contribution in [0.1, 0.15) is 11.1 Å². The van der Waals surface area contributed by atoms with Gasteiger partial charge in [0.1, 0.15) is 0 Å². The number of fused-ring (bicyclic) bond motifs is 1. The van der Waals surface area contributed by atoms with E-state index in [1.165, 1.54) is 30.1 Å². The van der Waals surface area contributed by atoms with Gasteiger partial charge in [0.2, 0.25) is 0 Å². The summed E-state index contributed by atoms with van der Waals surface area (Å²) in [5.74, 6) is -0.196. The van der Waals surface area contributed by atoms with Crippen molar-refractivity contribution >= 4 is 58.3 Å². The first kappa shape index (κ1) is 24.2. The van der Waals surface area contributed by atoms with E-state index in [0.29, 0.717) is 22.3 Å². The highest BCUT2D eigenvalue weighted by Crippen LogP contribution is 2.27. The van der Waals surface area contributed by atoms with Crippen molar-refractivity contribution in [3.63, 3.8) is 0 Å². The predicted molar refractivity (Wildman–Crippen MR) is 140 cm³/mol. The van der Waals surface area contributed by atoms with Crippen LogP contribution in [0, 0.1) is 10.1 Å². The van der Waals surface area contributed by atoms with Crippen LogP contribution in [0.25, 0.3) is 17.1 Å². The molecule has 0 aliphatic heterocycles. The van der Waals surface area contributed by atoms with Crippen LogP contribution in [0.15, 0.2) is 89.1 Å². The Labute approximate surface area is 210 Å². The Morgan fingerprint density at radius 2 is 1.86 bits per heavy atom. The number of thioether (sulfide) groups is 1. The molecule has 4 rings (SSSR count). The minimum Gasteiger partial charge on any atom is -0.314 e. The van der Waals surface area contributed by atoms with Gasteiger partial charge < -0.3 is 4.57 Å². The van der Waals surface area contributed by atoms with Crippen LogP contribution in [-0.4, -0.2) is 32.3 Å². The second-order valence-electron chi connectivity index (χ2n) is 7.34. The number of nitrogens with zero attached hydrogens (tertiary/aromatic N) is 4. The smallest absolute Gasteiger partial charge is 0.276 e. The van der Waals surface area contributed by atoms with Crippen LogP contribution < -0.4 is 5.43 Å². The first-order chi connectivity index (χ1) is 17.0. The Bertz CT molecular complexity index is 1430. The fourth-order valence-corrected chi connectivity index (χ4v) is 4.37. The van der Waals surface area contributed by atoms with E-state index in [2.05, 4.69) is 15.5 Å². The van der Waals surface area contributed by atoms with E-state index in [-0.39, 0.29) is 17.3 Å². The predicted octanol–water partition coefficient (Wildman–Crippen LogP) is 5.55. The number of imidazole rings is 1. The largest absolute Gasteiger partial charge is 0.314 e. The summed E-state index contributed by atoms with van der Waals surface area (Å²) in [5, 5.41) is 16.3. The molecular formula is C25H20ClN5O3S. The molecule has 0 radical (unpaired) electrons. The van der Waals surface area contributed by atoms with Gasteiger partial charge in [0, 0.05) is 17.3 Å². The van der Waals surface area contributed by atoms with Crippen LogP contribution in [0.2, 0.25) is 5.02 Å². The maximum absolute atomic E-state index is 12.3. The number of nitro benzene ring substituents is 1. The zero-order valence-electron chi connectivity index (χ0n) is 18.4. The van der Waals surface area contributed by atoms with E-state index in [1.807, 2.05) is 53.1 Å². The van der Waals surface area contributed by atoms with E-state index in [9.17, 15) is 14.9 Å². The Kier molecular flexibility index (Phi) is 7.92. The monoisotopic (exact) mass is 505 g/mol. The van der Waals surface area contributed by atoms with Gasteiger partial charge in [-0.15, -0.1) is 0 Å². The van der Waals surface area contributed by atoms with Gasteiger partial charge >= 0.3 is 0 Å². The third-order valence-corrected chi connectivity index (χ3v) is 6.34. The van der Waals surface area contributed by atoms with Gasteiger partial charge in [-0.2, -0.15) is 5.10 Å². The number of halogens is 1. The van der Waals surface area contributed by atoms with E-state index >= 15 is 0 Å². The molecule has 1 amide bonds. The van der Waals surface area contributed by atoms with Crippen molar-refractivity contribution in [3.8, 4) is 0 Å². The van der Waals surface area contributed by atoms with Crippen LogP contribution in [-0.2, 0) is 11.3 Å². The van der Waals surface area contributed by atoms with Gasteiger partial charge in [-0.3, -0.25) is 14.9 Å². The van der Waals surface area contributed by atoms with E-state index < -0.39 is 4.92 Å². The molecule has 0 bridgehead atoms. The maximum atomic E-state index is 12.3. The average molecular weight is 506 g/mol. The number of carbonyl (C=O) groups excluding carboxylic acids is 1. The molecule has 0 unspecified atom stereocenters. The number of nitro groups is 1. The highest BCUT2D eigenvalue weighted by Gasteiger charge is 2.14. The molecule has 1 aromatic heterocycles. The van der Waals surface area contributed by atoms with Gasteiger partial charge in [-0.05, 0) is 42.0 Å². The minimum atomic E-state index is -0.450. The molecule has 1 heterocycles. The lowest BCUT2D eigenvalue weighted by atomic mass is 10.2. The van der Waals surface area contributed by atoms with Crippen molar-refractivity contribution in [1.29, 1.82) is 0 Å². The number of allylic oxidation sites excluding steroid dienone is 1. The van der Waals surface area contributed by atoms with Gasteiger partial charge in [0.05, 0.1) is 33.8 Å². The number of benzene rings is 3. The lowest BCUT2D eigenvalue weighted by Gasteiger charge is -2.10. The zero-order chi connectivity index (χ0) is 24.6. The molecule has 0 saturated carbocycles. The third-order valence-electron chi connectivity index (χ3n) is 5.00. The summed E-state index contributed by atoms with van der Waals surface area (Å²) >= 11 is 7.66. The molecule has 35 heavy (non-hydrogen) atoms. The average Bonchev–Trinajstić information content (AvgIpc) is 3.21. The van der Waals surface area contributed by atoms with E-state index in [4.69, 9.17) is 11.6 Å². The van der Waals surface area contributed by atoms with Gasteiger partial charge in [-0.25, -0.2) is 10.4 Å². The Morgan fingerprint density at radius 3 is 2.69 bits per heavy atom.